The molecule has 0 saturated carbocycles. The van der Waals surface area contributed by atoms with Crippen LogP contribution in [-0.4, -0.2) is 54.3 Å². The first-order chi connectivity index (χ1) is 7.27. The fourth-order valence-corrected chi connectivity index (χ4v) is 3.48. The molecule has 0 aromatic rings. The van der Waals surface area contributed by atoms with E-state index in [1.807, 2.05) is 6.92 Å². The van der Waals surface area contributed by atoms with Crippen LogP contribution in [0.4, 0.5) is 0 Å². The Hall–Kier alpha value is 0.230. The van der Waals surface area contributed by atoms with Gasteiger partial charge in [0.2, 0.25) is 0 Å². The van der Waals surface area contributed by atoms with Gasteiger partial charge in [0, 0.05) is 25.2 Å². The highest BCUT2D eigenvalue weighted by Crippen LogP contribution is 2.23. The molecule has 4 heteroatoms. The largest absolute Gasteiger partial charge is 0.374 e. The monoisotopic (exact) mass is 230 g/mol. The van der Waals surface area contributed by atoms with Crippen molar-refractivity contribution in [1.82, 2.24) is 4.90 Å². The van der Waals surface area contributed by atoms with Gasteiger partial charge in [-0.2, -0.15) is 11.8 Å². The van der Waals surface area contributed by atoms with Gasteiger partial charge in [0.05, 0.1) is 12.7 Å². The Balaban J connectivity index is 1.85. The third-order valence-corrected chi connectivity index (χ3v) is 4.47. The molecule has 0 radical (unpaired) electrons. The van der Waals surface area contributed by atoms with Gasteiger partial charge in [0.15, 0.2) is 0 Å². The molecule has 2 heterocycles. The fourth-order valence-electron chi connectivity index (χ4n) is 2.40. The molecule has 2 saturated heterocycles. The van der Waals surface area contributed by atoms with Crippen molar-refractivity contribution in [1.29, 1.82) is 0 Å². The molecule has 2 aliphatic rings. The summed E-state index contributed by atoms with van der Waals surface area (Å²) in [7, 11) is 0. The van der Waals surface area contributed by atoms with Crippen LogP contribution in [-0.2, 0) is 4.74 Å². The number of morpholine rings is 1. The lowest BCUT2D eigenvalue weighted by molar-refractivity contribution is -0.0525. The maximum atomic E-state index is 5.90. The Labute approximate surface area is 96.7 Å². The third kappa shape index (κ3) is 3.09. The summed E-state index contributed by atoms with van der Waals surface area (Å²) < 4.78 is 5.69. The summed E-state index contributed by atoms with van der Waals surface area (Å²) >= 11 is 2.09. The van der Waals surface area contributed by atoms with Gasteiger partial charge in [-0.3, -0.25) is 4.90 Å². The molecule has 2 unspecified atom stereocenters. The van der Waals surface area contributed by atoms with Crippen molar-refractivity contribution in [3.63, 3.8) is 0 Å². The van der Waals surface area contributed by atoms with E-state index in [2.05, 4.69) is 16.7 Å². The molecule has 2 atom stereocenters. The molecular weight excluding hydrogens is 208 g/mol. The van der Waals surface area contributed by atoms with Crippen LogP contribution in [0.3, 0.4) is 0 Å². The van der Waals surface area contributed by atoms with Gasteiger partial charge in [-0.1, -0.05) is 0 Å². The minimum absolute atomic E-state index is 0.158. The standard InChI is InChI=1S/C11H22N2OS/c1-9(12)11-8-13(4-5-14-11)10-2-6-15-7-3-10/h9-11H,2-8,12H2,1H3. The summed E-state index contributed by atoms with van der Waals surface area (Å²) in [5, 5.41) is 0. The fraction of sp³-hybridized carbons (Fsp3) is 1.00. The number of hydrogen-bond donors (Lipinski definition) is 1. The van der Waals surface area contributed by atoms with E-state index in [4.69, 9.17) is 10.5 Å². The van der Waals surface area contributed by atoms with Crippen LogP contribution in [0.5, 0.6) is 0 Å². The summed E-state index contributed by atoms with van der Waals surface area (Å²) in [4.78, 5) is 2.59. The maximum absolute atomic E-state index is 5.90. The molecule has 0 aliphatic carbocycles. The van der Waals surface area contributed by atoms with E-state index in [0.29, 0.717) is 0 Å². The van der Waals surface area contributed by atoms with E-state index in [0.717, 1.165) is 25.7 Å². The molecule has 0 spiro atoms. The Kier molecular flexibility index (Phi) is 4.31. The minimum atomic E-state index is 0.158. The zero-order valence-electron chi connectivity index (χ0n) is 9.52. The molecule has 0 aromatic carbocycles. The van der Waals surface area contributed by atoms with Gasteiger partial charge in [-0.05, 0) is 31.3 Å². The van der Waals surface area contributed by atoms with Crippen molar-refractivity contribution in [2.45, 2.75) is 38.0 Å². The molecule has 0 amide bonds. The van der Waals surface area contributed by atoms with Crippen LogP contribution in [0.25, 0.3) is 0 Å². The molecule has 0 bridgehead atoms. The summed E-state index contributed by atoms with van der Waals surface area (Å²) in [5.41, 5.74) is 5.90. The quantitative estimate of drug-likeness (QED) is 0.766. The molecule has 3 nitrogen and oxygen atoms in total. The van der Waals surface area contributed by atoms with E-state index < -0.39 is 0 Å². The molecule has 15 heavy (non-hydrogen) atoms. The highest BCUT2D eigenvalue weighted by molar-refractivity contribution is 7.99. The predicted molar refractivity (Wildman–Crippen MR) is 65.3 cm³/mol. The number of thioether (sulfide) groups is 1. The first-order valence-corrected chi connectivity index (χ1v) is 7.12. The van der Waals surface area contributed by atoms with Crippen LogP contribution in [0.15, 0.2) is 0 Å². The Morgan fingerprint density at radius 3 is 2.80 bits per heavy atom. The molecule has 0 aromatic heterocycles. The van der Waals surface area contributed by atoms with Gasteiger partial charge in [-0.15, -0.1) is 0 Å². The molecule has 2 fully saturated rings. The highest BCUT2D eigenvalue weighted by atomic mass is 32.2. The van der Waals surface area contributed by atoms with E-state index in [1.54, 1.807) is 0 Å². The topological polar surface area (TPSA) is 38.5 Å². The molecule has 2 N–H and O–H groups in total. The van der Waals surface area contributed by atoms with Crippen molar-refractivity contribution >= 4 is 11.8 Å². The lowest BCUT2D eigenvalue weighted by Gasteiger charge is -2.40. The van der Waals surface area contributed by atoms with Gasteiger partial charge in [0.1, 0.15) is 0 Å². The van der Waals surface area contributed by atoms with Gasteiger partial charge < -0.3 is 10.5 Å². The summed E-state index contributed by atoms with van der Waals surface area (Å²) in [6, 6.07) is 0.946. The minimum Gasteiger partial charge on any atom is -0.374 e. The van der Waals surface area contributed by atoms with Crippen LogP contribution in [0.2, 0.25) is 0 Å². The number of ether oxygens (including phenoxy) is 1. The van der Waals surface area contributed by atoms with Crippen LogP contribution < -0.4 is 5.73 Å². The second-order valence-electron chi connectivity index (χ2n) is 4.61. The first kappa shape index (κ1) is 11.7. The van der Waals surface area contributed by atoms with Crippen molar-refractivity contribution in [2.75, 3.05) is 31.2 Å². The summed E-state index contributed by atoms with van der Waals surface area (Å²) in [6.07, 6.45) is 2.93. The van der Waals surface area contributed by atoms with E-state index in [-0.39, 0.29) is 12.1 Å². The van der Waals surface area contributed by atoms with Crippen molar-refractivity contribution in [3.8, 4) is 0 Å². The average Bonchev–Trinajstić information content (AvgIpc) is 2.30. The van der Waals surface area contributed by atoms with Crippen molar-refractivity contribution in [3.05, 3.63) is 0 Å². The predicted octanol–water partition coefficient (Wildman–Crippen LogP) is 0.930. The molecule has 88 valence electrons. The van der Waals surface area contributed by atoms with E-state index >= 15 is 0 Å². The van der Waals surface area contributed by atoms with Crippen LogP contribution in [0.1, 0.15) is 19.8 Å². The third-order valence-electron chi connectivity index (χ3n) is 3.42. The van der Waals surface area contributed by atoms with Crippen LogP contribution >= 0.6 is 11.8 Å². The lowest BCUT2D eigenvalue weighted by Crippen LogP contribution is -2.53. The Morgan fingerprint density at radius 1 is 1.40 bits per heavy atom. The van der Waals surface area contributed by atoms with E-state index in [1.165, 1.54) is 24.3 Å². The van der Waals surface area contributed by atoms with Gasteiger partial charge >= 0.3 is 0 Å². The zero-order chi connectivity index (χ0) is 10.7. The summed E-state index contributed by atoms with van der Waals surface area (Å²) in [5.74, 6) is 2.65. The second kappa shape index (κ2) is 5.53. The highest BCUT2D eigenvalue weighted by Gasteiger charge is 2.28. The van der Waals surface area contributed by atoms with Gasteiger partial charge in [-0.25, -0.2) is 0 Å². The molecule has 2 rings (SSSR count). The van der Waals surface area contributed by atoms with E-state index in [9.17, 15) is 0 Å². The Morgan fingerprint density at radius 2 is 2.13 bits per heavy atom. The number of nitrogens with two attached hydrogens (primary N) is 1. The van der Waals surface area contributed by atoms with Crippen LogP contribution in [0, 0.1) is 0 Å². The maximum Gasteiger partial charge on any atom is 0.0850 e. The van der Waals surface area contributed by atoms with Gasteiger partial charge in [0.25, 0.3) is 0 Å². The zero-order valence-corrected chi connectivity index (χ0v) is 10.3. The number of nitrogens with zero attached hydrogens (tertiary/aromatic N) is 1. The van der Waals surface area contributed by atoms with Crippen molar-refractivity contribution < 1.29 is 4.74 Å². The first-order valence-electron chi connectivity index (χ1n) is 5.96. The number of rotatable bonds is 2. The summed E-state index contributed by atoms with van der Waals surface area (Å²) in [6.45, 7) is 5.03. The second-order valence-corrected chi connectivity index (χ2v) is 5.83. The number of hydrogen-bond acceptors (Lipinski definition) is 4. The SMILES string of the molecule is CC(N)C1CN(C2CCSCC2)CCO1. The normalized spacial score (nSPS) is 32.8. The average molecular weight is 230 g/mol. The smallest absolute Gasteiger partial charge is 0.0850 e. The molecular formula is C11H22N2OS. The Bertz CT molecular complexity index is 195. The lowest BCUT2D eigenvalue weighted by atomic mass is 10.1. The molecule has 2 aliphatic heterocycles. The van der Waals surface area contributed by atoms with Crippen molar-refractivity contribution in [2.24, 2.45) is 5.73 Å².